The number of carbonyl (C=O) groups excluding carboxylic acids is 1. The van der Waals surface area contributed by atoms with Crippen LogP contribution in [0.3, 0.4) is 0 Å². The summed E-state index contributed by atoms with van der Waals surface area (Å²) in [4.78, 5) is 16.4. The molecular formula is C20H29F3N4O3S. The van der Waals surface area contributed by atoms with Crippen molar-refractivity contribution in [3.63, 3.8) is 0 Å². The number of nitrogens with zero attached hydrogens (tertiary/aromatic N) is 3. The van der Waals surface area contributed by atoms with Gasteiger partial charge in [0.05, 0.1) is 29.2 Å². The summed E-state index contributed by atoms with van der Waals surface area (Å²) in [5.74, 6) is -0.383. The Balaban J connectivity index is 1.68. The standard InChI is InChI=1S/C20H29F3N4O3S/c1-2-31(29,30)27-12-10-25(11-13-27)15-19(28)24-17-14-16(20(21,22)23)6-7-18(17)26-8-4-3-5-9-26/h6-7,14H,2-5,8-13,15H2,1H3,(H,24,28). The minimum Gasteiger partial charge on any atom is -0.370 e. The average Bonchev–Trinajstić information content (AvgIpc) is 2.74. The van der Waals surface area contributed by atoms with Crippen molar-refractivity contribution >= 4 is 27.3 Å². The van der Waals surface area contributed by atoms with Crippen LogP contribution in [0.5, 0.6) is 0 Å². The van der Waals surface area contributed by atoms with Gasteiger partial charge in [-0.05, 0) is 44.4 Å². The molecule has 2 fully saturated rings. The first-order valence-electron chi connectivity index (χ1n) is 10.6. The molecule has 0 spiro atoms. The third-order valence-electron chi connectivity index (χ3n) is 5.75. The molecule has 0 saturated carbocycles. The maximum Gasteiger partial charge on any atom is 0.416 e. The molecule has 174 valence electrons. The van der Waals surface area contributed by atoms with Crippen LogP contribution < -0.4 is 10.2 Å². The monoisotopic (exact) mass is 462 g/mol. The average molecular weight is 463 g/mol. The first kappa shape index (κ1) is 23.8. The first-order chi connectivity index (χ1) is 14.6. The van der Waals surface area contributed by atoms with E-state index in [4.69, 9.17) is 0 Å². The van der Waals surface area contributed by atoms with E-state index < -0.39 is 27.7 Å². The third kappa shape index (κ3) is 6.11. The van der Waals surface area contributed by atoms with Crippen LogP contribution >= 0.6 is 0 Å². The van der Waals surface area contributed by atoms with Gasteiger partial charge in [0, 0.05) is 39.3 Å². The van der Waals surface area contributed by atoms with Gasteiger partial charge >= 0.3 is 6.18 Å². The molecule has 2 saturated heterocycles. The molecule has 0 unspecified atom stereocenters. The molecule has 2 aliphatic heterocycles. The van der Waals surface area contributed by atoms with Gasteiger partial charge in [0.15, 0.2) is 0 Å². The lowest BCUT2D eigenvalue weighted by Crippen LogP contribution is -2.50. The number of sulfonamides is 1. The van der Waals surface area contributed by atoms with Gasteiger partial charge in [0.2, 0.25) is 15.9 Å². The number of hydrogen-bond donors (Lipinski definition) is 1. The Morgan fingerprint density at radius 1 is 1.03 bits per heavy atom. The van der Waals surface area contributed by atoms with Crippen molar-refractivity contribution in [1.29, 1.82) is 0 Å². The fraction of sp³-hybridized carbons (Fsp3) is 0.650. The van der Waals surface area contributed by atoms with E-state index in [-0.39, 0.29) is 18.0 Å². The van der Waals surface area contributed by atoms with E-state index >= 15 is 0 Å². The molecule has 1 N–H and O–H groups in total. The lowest BCUT2D eigenvalue weighted by atomic mass is 10.1. The van der Waals surface area contributed by atoms with Crippen LogP contribution in [-0.2, 0) is 21.0 Å². The predicted octanol–water partition coefficient (Wildman–Crippen LogP) is 2.60. The van der Waals surface area contributed by atoms with Gasteiger partial charge in [-0.3, -0.25) is 9.69 Å². The van der Waals surface area contributed by atoms with Crippen LogP contribution in [0.15, 0.2) is 18.2 Å². The van der Waals surface area contributed by atoms with E-state index in [0.717, 1.165) is 44.5 Å². The summed E-state index contributed by atoms with van der Waals surface area (Å²) >= 11 is 0. The molecule has 1 aromatic rings. The number of nitrogens with one attached hydrogen (secondary N) is 1. The number of alkyl halides is 3. The number of halogens is 3. The van der Waals surface area contributed by atoms with Crippen molar-refractivity contribution in [2.24, 2.45) is 0 Å². The summed E-state index contributed by atoms with van der Waals surface area (Å²) in [6, 6.07) is 3.47. The molecule has 31 heavy (non-hydrogen) atoms. The van der Waals surface area contributed by atoms with Gasteiger partial charge < -0.3 is 10.2 Å². The van der Waals surface area contributed by atoms with Crippen LogP contribution in [0.25, 0.3) is 0 Å². The molecule has 2 aliphatic rings. The van der Waals surface area contributed by atoms with Crippen LogP contribution in [0.4, 0.5) is 24.5 Å². The number of piperidine rings is 1. The maximum atomic E-state index is 13.2. The summed E-state index contributed by atoms with van der Waals surface area (Å²) in [5, 5.41) is 2.67. The lowest BCUT2D eigenvalue weighted by Gasteiger charge is -2.33. The summed E-state index contributed by atoms with van der Waals surface area (Å²) < 4.78 is 65.0. The molecule has 0 aromatic heterocycles. The van der Waals surface area contributed by atoms with Crippen LogP contribution in [0.2, 0.25) is 0 Å². The fourth-order valence-corrected chi connectivity index (χ4v) is 5.05. The molecule has 0 bridgehead atoms. The van der Waals surface area contributed by atoms with Gasteiger partial charge in [-0.25, -0.2) is 8.42 Å². The topological polar surface area (TPSA) is 73.0 Å². The molecule has 0 atom stereocenters. The maximum absolute atomic E-state index is 13.2. The molecule has 11 heteroatoms. The third-order valence-corrected chi connectivity index (χ3v) is 7.63. The van der Waals surface area contributed by atoms with Gasteiger partial charge in [-0.2, -0.15) is 17.5 Å². The fourth-order valence-electron chi connectivity index (χ4n) is 3.96. The number of piperazine rings is 1. The lowest BCUT2D eigenvalue weighted by molar-refractivity contribution is -0.137. The zero-order valence-electron chi connectivity index (χ0n) is 17.6. The van der Waals surface area contributed by atoms with Crippen molar-refractivity contribution in [3.05, 3.63) is 23.8 Å². The number of rotatable bonds is 6. The van der Waals surface area contributed by atoms with Gasteiger partial charge in [-0.15, -0.1) is 0 Å². The Morgan fingerprint density at radius 3 is 2.26 bits per heavy atom. The highest BCUT2D eigenvalue weighted by atomic mass is 32.2. The molecule has 7 nitrogen and oxygen atoms in total. The smallest absolute Gasteiger partial charge is 0.370 e. The normalized spacial score (nSPS) is 19.4. The number of hydrogen-bond acceptors (Lipinski definition) is 5. The molecule has 0 aliphatic carbocycles. The minimum absolute atomic E-state index is 0.00427. The SMILES string of the molecule is CCS(=O)(=O)N1CCN(CC(=O)Nc2cc(C(F)(F)F)ccc2N2CCCCC2)CC1. The Morgan fingerprint density at radius 2 is 1.68 bits per heavy atom. The zero-order valence-corrected chi connectivity index (χ0v) is 18.4. The molecule has 1 aromatic carbocycles. The number of benzene rings is 1. The second kappa shape index (κ2) is 9.74. The summed E-state index contributed by atoms with van der Waals surface area (Å²) in [7, 11) is -3.26. The Bertz CT molecular complexity index is 878. The quantitative estimate of drug-likeness (QED) is 0.704. The highest BCUT2D eigenvalue weighted by Gasteiger charge is 2.32. The molecule has 1 amide bonds. The molecule has 0 radical (unpaired) electrons. The van der Waals surface area contributed by atoms with Crippen molar-refractivity contribution < 1.29 is 26.4 Å². The zero-order chi connectivity index (χ0) is 22.6. The highest BCUT2D eigenvalue weighted by molar-refractivity contribution is 7.89. The van der Waals surface area contributed by atoms with E-state index in [9.17, 15) is 26.4 Å². The van der Waals surface area contributed by atoms with Gasteiger partial charge in [0.25, 0.3) is 0 Å². The molecule has 2 heterocycles. The Kier molecular flexibility index (Phi) is 7.48. The largest absolute Gasteiger partial charge is 0.416 e. The predicted molar refractivity (Wildman–Crippen MR) is 114 cm³/mol. The highest BCUT2D eigenvalue weighted by Crippen LogP contribution is 2.36. The molecular weight excluding hydrogens is 433 g/mol. The van der Waals surface area contributed by atoms with Gasteiger partial charge in [0.1, 0.15) is 0 Å². The summed E-state index contributed by atoms with van der Waals surface area (Å²) in [5.41, 5.74) is -0.0456. The number of anilines is 2. The van der Waals surface area contributed by atoms with Crippen molar-refractivity contribution in [1.82, 2.24) is 9.21 Å². The van der Waals surface area contributed by atoms with E-state index in [1.807, 2.05) is 9.80 Å². The second-order valence-electron chi connectivity index (χ2n) is 7.90. The number of amides is 1. The number of carbonyl (C=O) groups is 1. The molecule has 3 rings (SSSR count). The van der Waals surface area contributed by atoms with Crippen LogP contribution in [0, 0.1) is 0 Å². The first-order valence-corrected chi connectivity index (χ1v) is 12.2. The van der Waals surface area contributed by atoms with Crippen molar-refractivity contribution in [3.8, 4) is 0 Å². The Hall–Kier alpha value is -1.85. The van der Waals surface area contributed by atoms with Gasteiger partial charge in [-0.1, -0.05) is 0 Å². The van der Waals surface area contributed by atoms with Crippen molar-refractivity contribution in [2.75, 3.05) is 61.8 Å². The van der Waals surface area contributed by atoms with Crippen molar-refractivity contribution in [2.45, 2.75) is 32.4 Å². The van der Waals surface area contributed by atoms with E-state index in [2.05, 4.69) is 5.32 Å². The van der Waals surface area contributed by atoms with Crippen LogP contribution in [-0.4, -0.2) is 75.1 Å². The Labute approximate surface area is 181 Å². The summed E-state index contributed by atoms with van der Waals surface area (Å²) in [6.45, 7) is 4.45. The van der Waals surface area contributed by atoms with E-state index in [1.165, 1.54) is 10.4 Å². The minimum atomic E-state index is -4.50. The summed E-state index contributed by atoms with van der Waals surface area (Å²) in [6.07, 6.45) is -1.50. The van der Waals surface area contributed by atoms with E-state index in [0.29, 0.717) is 31.9 Å². The van der Waals surface area contributed by atoms with E-state index in [1.54, 1.807) is 6.92 Å². The second-order valence-corrected chi connectivity index (χ2v) is 10.2. The van der Waals surface area contributed by atoms with Crippen LogP contribution in [0.1, 0.15) is 31.7 Å².